The number of aryl methyl sites for hydroxylation is 1. The van der Waals surface area contributed by atoms with Crippen LogP contribution in [0, 0.1) is 5.92 Å². The maximum absolute atomic E-state index is 11.5. The van der Waals surface area contributed by atoms with Crippen molar-refractivity contribution < 1.29 is 9.45 Å². The second kappa shape index (κ2) is 4.16. The van der Waals surface area contributed by atoms with E-state index in [1.54, 1.807) is 0 Å². The first-order valence-electron chi connectivity index (χ1n) is 6.26. The summed E-state index contributed by atoms with van der Waals surface area (Å²) in [4.78, 5) is 16.1. The predicted molar refractivity (Wildman–Crippen MR) is 70.8 cm³/mol. The lowest BCUT2D eigenvalue weighted by Gasteiger charge is -2.23. The summed E-state index contributed by atoms with van der Waals surface area (Å²) in [6.45, 7) is 1.87. The van der Waals surface area contributed by atoms with Crippen molar-refractivity contribution in [2.45, 2.75) is 19.7 Å². The van der Waals surface area contributed by atoms with Gasteiger partial charge in [-0.25, -0.2) is 4.98 Å². The molecular formula is C13H15BN2O2. The largest absolute Gasteiger partial charge is 0.528 e. The molecule has 0 aliphatic carbocycles. The van der Waals surface area contributed by atoms with E-state index in [1.807, 2.05) is 35.9 Å². The van der Waals surface area contributed by atoms with Gasteiger partial charge in [-0.05, 0) is 24.4 Å². The van der Waals surface area contributed by atoms with E-state index in [1.165, 1.54) is 0 Å². The van der Waals surface area contributed by atoms with Crippen molar-refractivity contribution in [1.29, 1.82) is 0 Å². The third-order valence-corrected chi connectivity index (χ3v) is 3.51. The lowest BCUT2D eigenvalue weighted by Crippen LogP contribution is -2.45. The van der Waals surface area contributed by atoms with Crippen molar-refractivity contribution in [3.05, 3.63) is 24.3 Å². The van der Waals surface area contributed by atoms with Gasteiger partial charge in [-0.2, -0.15) is 0 Å². The Hall–Kier alpha value is -1.78. The average molecular weight is 242 g/mol. The first-order valence-corrected chi connectivity index (χ1v) is 6.26. The van der Waals surface area contributed by atoms with Crippen molar-refractivity contribution in [2.75, 3.05) is 0 Å². The third-order valence-electron chi connectivity index (χ3n) is 3.51. The number of fused-ring (bicyclic) bond motifs is 1. The van der Waals surface area contributed by atoms with Crippen LogP contribution < -0.4 is 5.72 Å². The zero-order valence-corrected chi connectivity index (χ0v) is 10.6. The van der Waals surface area contributed by atoms with E-state index in [2.05, 4.69) is 11.9 Å². The first kappa shape index (κ1) is 11.3. The maximum Gasteiger partial charge on any atom is 0.432 e. The van der Waals surface area contributed by atoms with Crippen LogP contribution in [0.4, 0.5) is 0 Å². The molecule has 0 radical (unpaired) electrons. The van der Waals surface area contributed by atoms with Gasteiger partial charge in [-0.15, -0.1) is 0 Å². The standard InChI is InChI=1S/C13H15BN2O2/c1-9-7-12(17)18-14(8-9)13-15-10-5-3-4-6-11(10)16(13)2/h3-6,9H,7-8H2,1-2H3. The Labute approximate surface area is 106 Å². The molecule has 2 heterocycles. The van der Waals surface area contributed by atoms with Crippen LogP contribution in [0.3, 0.4) is 0 Å². The maximum atomic E-state index is 11.5. The molecule has 18 heavy (non-hydrogen) atoms. The summed E-state index contributed by atoms with van der Waals surface area (Å²) >= 11 is 0. The number of carbonyl (C=O) groups excluding carboxylic acids is 1. The lowest BCUT2D eigenvalue weighted by atomic mass is 9.58. The Morgan fingerprint density at radius 2 is 2.22 bits per heavy atom. The fraction of sp³-hybridized carbons (Fsp3) is 0.385. The molecule has 92 valence electrons. The Kier molecular flexibility index (Phi) is 2.61. The van der Waals surface area contributed by atoms with Crippen LogP contribution in [-0.2, 0) is 16.5 Å². The molecule has 0 N–H and O–H groups in total. The van der Waals surface area contributed by atoms with Crippen molar-refractivity contribution in [3.8, 4) is 0 Å². The summed E-state index contributed by atoms with van der Waals surface area (Å²) in [5.41, 5.74) is 2.86. The van der Waals surface area contributed by atoms with E-state index in [-0.39, 0.29) is 12.9 Å². The van der Waals surface area contributed by atoms with Gasteiger partial charge in [-0.1, -0.05) is 19.1 Å². The van der Waals surface area contributed by atoms with Crippen molar-refractivity contribution >= 4 is 29.6 Å². The number of benzene rings is 1. The molecule has 1 unspecified atom stereocenters. The summed E-state index contributed by atoms with van der Waals surface area (Å²) in [7, 11) is 1.97. The highest BCUT2D eigenvalue weighted by Crippen LogP contribution is 2.20. The molecule has 0 saturated carbocycles. The first-order chi connectivity index (χ1) is 8.65. The molecule has 1 aliphatic heterocycles. The predicted octanol–water partition coefficient (Wildman–Crippen LogP) is 1.35. The number of imidazole rings is 1. The zero-order valence-electron chi connectivity index (χ0n) is 10.6. The second-order valence-electron chi connectivity index (χ2n) is 5.04. The van der Waals surface area contributed by atoms with Gasteiger partial charge < -0.3 is 9.22 Å². The number of rotatable bonds is 1. The van der Waals surface area contributed by atoms with E-state index >= 15 is 0 Å². The monoisotopic (exact) mass is 242 g/mol. The molecule has 1 saturated heterocycles. The van der Waals surface area contributed by atoms with E-state index in [0.717, 1.165) is 23.1 Å². The van der Waals surface area contributed by atoms with E-state index in [9.17, 15) is 4.79 Å². The fourth-order valence-corrected chi connectivity index (χ4v) is 2.60. The molecule has 1 aromatic heterocycles. The van der Waals surface area contributed by atoms with Gasteiger partial charge >= 0.3 is 6.92 Å². The molecule has 1 fully saturated rings. The summed E-state index contributed by atoms with van der Waals surface area (Å²) in [6, 6.07) is 7.96. The quantitative estimate of drug-likeness (QED) is 0.709. The van der Waals surface area contributed by atoms with Crippen LogP contribution in [0.15, 0.2) is 24.3 Å². The molecule has 0 spiro atoms. The minimum Gasteiger partial charge on any atom is -0.528 e. The summed E-state index contributed by atoms with van der Waals surface area (Å²) in [5.74, 6) is 0.238. The molecule has 0 bridgehead atoms. The fourth-order valence-electron chi connectivity index (χ4n) is 2.60. The number of aromatic nitrogens is 2. The molecule has 1 aliphatic rings. The lowest BCUT2D eigenvalue weighted by molar-refractivity contribution is -0.136. The minimum absolute atomic E-state index is 0.120. The Morgan fingerprint density at radius 3 is 2.94 bits per heavy atom. The van der Waals surface area contributed by atoms with Crippen LogP contribution in [0.2, 0.25) is 6.32 Å². The molecule has 3 rings (SSSR count). The highest BCUT2D eigenvalue weighted by Gasteiger charge is 2.35. The highest BCUT2D eigenvalue weighted by atomic mass is 16.5. The minimum atomic E-state index is -0.210. The van der Waals surface area contributed by atoms with Crippen molar-refractivity contribution in [2.24, 2.45) is 13.0 Å². The van der Waals surface area contributed by atoms with Crippen molar-refractivity contribution in [1.82, 2.24) is 9.55 Å². The summed E-state index contributed by atoms with van der Waals surface area (Å²) in [6.07, 6.45) is 1.36. The Morgan fingerprint density at radius 1 is 1.44 bits per heavy atom. The number of hydrogen-bond donors (Lipinski definition) is 0. The van der Waals surface area contributed by atoms with Crippen LogP contribution in [0.1, 0.15) is 13.3 Å². The Bertz CT molecular complexity index is 608. The summed E-state index contributed by atoms with van der Waals surface area (Å²) < 4.78 is 7.45. The van der Waals surface area contributed by atoms with Gasteiger partial charge in [0.05, 0.1) is 11.0 Å². The van der Waals surface area contributed by atoms with Gasteiger partial charge in [0.2, 0.25) is 0 Å². The van der Waals surface area contributed by atoms with Gasteiger partial charge in [0.15, 0.2) is 0 Å². The SMILES string of the molecule is CC1CB(c2nc3ccccc3n2C)OC(=O)C1. The van der Waals surface area contributed by atoms with Crippen LogP contribution in [-0.4, -0.2) is 22.4 Å². The molecule has 5 heteroatoms. The second-order valence-corrected chi connectivity index (χ2v) is 5.04. The molecule has 1 aromatic carbocycles. The van der Waals surface area contributed by atoms with Gasteiger partial charge in [0, 0.05) is 13.5 Å². The van der Waals surface area contributed by atoms with Crippen LogP contribution in [0.25, 0.3) is 11.0 Å². The van der Waals surface area contributed by atoms with Crippen LogP contribution >= 0.6 is 0 Å². The number of nitrogens with zero attached hydrogens (tertiary/aromatic N) is 2. The molecular weight excluding hydrogens is 227 g/mol. The summed E-state index contributed by atoms with van der Waals surface area (Å²) in [5, 5.41) is 0. The number of para-hydroxylation sites is 2. The average Bonchev–Trinajstić information content (AvgIpc) is 2.66. The topological polar surface area (TPSA) is 44.1 Å². The molecule has 4 nitrogen and oxygen atoms in total. The number of carbonyl (C=O) groups is 1. The zero-order chi connectivity index (χ0) is 12.7. The molecule has 0 amide bonds. The van der Waals surface area contributed by atoms with Crippen LogP contribution in [0.5, 0.6) is 0 Å². The number of hydrogen-bond acceptors (Lipinski definition) is 3. The molecule has 1 atom stereocenters. The van der Waals surface area contributed by atoms with Gasteiger partial charge in [0.1, 0.15) is 5.72 Å². The van der Waals surface area contributed by atoms with E-state index < -0.39 is 0 Å². The van der Waals surface area contributed by atoms with E-state index in [0.29, 0.717) is 12.3 Å². The molecule has 2 aromatic rings. The normalized spacial score (nSPS) is 20.2. The smallest absolute Gasteiger partial charge is 0.432 e. The van der Waals surface area contributed by atoms with Gasteiger partial charge in [0.25, 0.3) is 5.97 Å². The van der Waals surface area contributed by atoms with Gasteiger partial charge in [-0.3, -0.25) is 4.79 Å². The Balaban J connectivity index is 2.03. The highest BCUT2D eigenvalue weighted by molar-refractivity contribution is 6.68. The van der Waals surface area contributed by atoms with E-state index in [4.69, 9.17) is 4.65 Å². The van der Waals surface area contributed by atoms with Crippen molar-refractivity contribution in [3.63, 3.8) is 0 Å². The third kappa shape index (κ3) is 1.80.